The summed E-state index contributed by atoms with van der Waals surface area (Å²) in [6, 6.07) is 9.39. The van der Waals surface area contributed by atoms with Crippen LogP contribution in [0.4, 0.5) is 4.79 Å². The SMILES string of the molecule is CC(=O)OC(c1ccc2ccc(C=CC3(C(=O)O)CCCN3C(=O)OC(C)(C)C)cc2n1)C(C)C. The Kier molecular flexibility index (Phi) is 7.53. The van der Waals surface area contributed by atoms with Gasteiger partial charge in [-0.05, 0) is 63.3 Å². The Morgan fingerprint density at radius 3 is 2.46 bits per heavy atom. The maximum atomic E-state index is 12.8. The molecule has 8 nitrogen and oxygen atoms in total. The number of nitrogens with zero attached hydrogens (tertiary/aromatic N) is 2. The lowest BCUT2D eigenvalue weighted by molar-refractivity contribution is -0.149. The molecule has 35 heavy (non-hydrogen) atoms. The zero-order valence-electron chi connectivity index (χ0n) is 21.2. The summed E-state index contributed by atoms with van der Waals surface area (Å²) >= 11 is 0. The summed E-state index contributed by atoms with van der Waals surface area (Å²) in [5.74, 6) is -1.42. The Hall–Kier alpha value is -3.42. The molecule has 1 aromatic carbocycles. The molecule has 1 aromatic heterocycles. The lowest BCUT2D eigenvalue weighted by atomic mass is 9.94. The van der Waals surface area contributed by atoms with Gasteiger partial charge in [-0.15, -0.1) is 0 Å². The maximum Gasteiger partial charge on any atom is 0.411 e. The zero-order chi connectivity index (χ0) is 26.0. The topological polar surface area (TPSA) is 106 Å². The Labute approximate surface area is 205 Å². The number of pyridine rings is 1. The third-order valence-corrected chi connectivity index (χ3v) is 5.88. The third-order valence-electron chi connectivity index (χ3n) is 5.88. The van der Waals surface area contributed by atoms with Gasteiger partial charge in [0.25, 0.3) is 0 Å². The van der Waals surface area contributed by atoms with Crippen LogP contribution < -0.4 is 0 Å². The van der Waals surface area contributed by atoms with Crippen LogP contribution in [-0.2, 0) is 19.1 Å². The Morgan fingerprint density at radius 1 is 1.17 bits per heavy atom. The summed E-state index contributed by atoms with van der Waals surface area (Å²) in [5, 5.41) is 11.0. The number of likely N-dealkylation sites (tertiary alicyclic amines) is 1. The molecule has 1 aliphatic heterocycles. The fourth-order valence-electron chi connectivity index (χ4n) is 4.24. The van der Waals surface area contributed by atoms with Gasteiger partial charge in [-0.25, -0.2) is 14.6 Å². The van der Waals surface area contributed by atoms with Crippen LogP contribution in [0.3, 0.4) is 0 Å². The molecule has 2 aromatic rings. The first kappa shape index (κ1) is 26.2. The van der Waals surface area contributed by atoms with Gasteiger partial charge < -0.3 is 14.6 Å². The first-order valence-electron chi connectivity index (χ1n) is 11.8. The van der Waals surface area contributed by atoms with Crippen molar-refractivity contribution in [3.05, 3.63) is 47.7 Å². The molecular weight excluding hydrogens is 448 g/mol. The summed E-state index contributed by atoms with van der Waals surface area (Å²) in [6.45, 7) is 10.9. The number of fused-ring (bicyclic) bond motifs is 1. The lowest BCUT2D eigenvalue weighted by Crippen LogP contribution is -2.53. The summed E-state index contributed by atoms with van der Waals surface area (Å²) < 4.78 is 10.9. The number of amides is 1. The van der Waals surface area contributed by atoms with Crippen molar-refractivity contribution in [2.45, 2.75) is 71.6 Å². The molecule has 0 saturated carbocycles. The number of hydrogen-bond acceptors (Lipinski definition) is 6. The Balaban J connectivity index is 1.95. The number of hydrogen-bond donors (Lipinski definition) is 1. The standard InChI is InChI=1S/C27H34N2O6/c1-17(2)23(34-18(3)30)21-11-10-20-9-8-19(16-22(20)28-21)12-14-27(24(31)32)13-7-15-29(27)25(33)35-26(4,5)6/h8-12,14,16-17,23H,7,13,15H2,1-6H3,(H,31,32). The van der Waals surface area contributed by atoms with E-state index in [1.807, 2.05) is 44.2 Å². The molecule has 0 bridgehead atoms. The molecule has 1 amide bonds. The monoisotopic (exact) mass is 482 g/mol. The van der Waals surface area contributed by atoms with Crippen molar-refractivity contribution >= 4 is 35.0 Å². The summed E-state index contributed by atoms with van der Waals surface area (Å²) in [4.78, 5) is 42.7. The van der Waals surface area contributed by atoms with Gasteiger partial charge in [0.2, 0.25) is 0 Å². The zero-order valence-corrected chi connectivity index (χ0v) is 21.2. The maximum absolute atomic E-state index is 12.8. The first-order chi connectivity index (χ1) is 16.3. The fourth-order valence-corrected chi connectivity index (χ4v) is 4.24. The summed E-state index contributed by atoms with van der Waals surface area (Å²) in [5.41, 5.74) is -0.118. The first-order valence-corrected chi connectivity index (χ1v) is 11.8. The molecule has 1 N–H and O–H groups in total. The predicted molar refractivity (Wildman–Crippen MR) is 133 cm³/mol. The van der Waals surface area contributed by atoms with Crippen molar-refractivity contribution in [3.8, 4) is 0 Å². The molecular formula is C27H34N2O6. The van der Waals surface area contributed by atoms with Crippen molar-refractivity contribution in [2.24, 2.45) is 5.92 Å². The van der Waals surface area contributed by atoms with E-state index in [1.54, 1.807) is 32.9 Å². The van der Waals surface area contributed by atoms with Gasteiger partial charge in [-0.2, -0.15) is 0 Å². The lowest BCUT2D eigenvalue weighted by Gasteiger charge is -2.33. The molecule has 1 fully saturated rings. The van der Waals surface area contributed by atoms with E-state index in [-0.39, 0.29) is 11.9 Å². The highest BCUT2D eigenvalue weighted by atomic mass is 16.6. The number of ether oxygens (including phenoxy) is 2. The molecule has 0 aliphatic carbocycles. The van der Waals surface area contributed by atoms with E-state index in [0.717, 1.165) is 10.9 Å². The second kappa shape index (κ2) is 10.1. The Bertz CT molecular complexity index is 1150. The highest BCUT2D eigenvalue weighted by Gasteiger charge is 2.49. The van der Waals surface area contributed by atoms with E-state index >= 15 is 0 Å². The van der Waals surface area contributed by atoms with E-state index in [2.05, 4.69) is 0 Å². The van der Waals surface area contributed by atoms with Crippen LogP contribution in [0.5, 0.6) is 0 Å². The largest absolute Gasteiger partial charge is 0.479 e. The van der Waals surface area contributed by atoms with Crippen LogP contribution in [0, 0.1) is 5.92 Å². The van der Waals surface area contributed by atoms with Crippen LogP contribution in [-0.4, -0.2) is 50.7 Å². The average Bonchev–Trinajstić information content (AvgIpc) is 3.19. The van der Waals surface area contributed by atoms with Crippen molar-refractivity contribution in [2.75, 3.05) is 6.54 Å². The van der Waals surface area contributed by atoms with Crippen LogP contribution in [0.25, 0.3) is 17.0 Å². The molecule has 2 atom stereocenters. The number of carboxylic acid groups (broad SMARTS) is 1. The van der Waals surface area contributed by atoms with Gasteiger partial charge in [0.05, 0.1) is 11.2 Å². The van der Waals surface area contributed by atoms with Crippen molar-refractivity contribution < 1.29 is 29.0 Å². The minimum absolute atomic E-state index is 0.0450. The molecule has 1 aliphatic rings. The molecule has 2 unspecified atom stereocenters. The van der Waals surface area contributed by atoms with E-state index < -0.39 is 29.3 Å². The van der Waals surface area contributed by atoms with Gasteiger partial charge in [0.1, 0.15) is 11.7 Å². The van der Waals surface area contributed by atoms with E-state index in [1.165, 1.54) is 11.8 Å². The minimum Gasteiger partial charge on any atom is -0.479 e. The average molecular weight is 483 g/mol. The molecule has 3 rings (SSSR count). The number of aliphatic carboxylic acids is 1. The number of esters is 1. The van der Waals surface area contributed by atoms with Gasteiger partial charge in [-0.3, -0.25) is 9.69 Å². The normalized spacial score (nSPS) is 19.3. The van der Waals surface area contributed by atoms with E-state index in [9.17, 15) is 19.5 Å². The summed E-state index contributed by atoms with van der Waals surface area (Å²) in [7, 11) is 0. The molecule has 2 heterocycles. The highest BCUT2D eigenvalue weighted by molar-refractivity contribution is 5.89. The Morgan fingerprint density at radius 2 is 1.86 bits per heavy atom. The molecule has 188 valence electrons. The summed E-state index contributed by atoms with van der Waals surface area (Å²) in [6.07, 6.45) is 3.02. The van der Waals surface area contributed by atoms with Gasteiger partial charge in [-0.1, -0.05) is 38.1 Å². The van der Waals surface area contributed by atoms with Crippen LogP contribution >= 0.6 is 0 Å². The molecule has 8 heteroatoms. The quantitative estimate of drug-likeness (QED) is 0.552. The van der Waals surface area contributed by atoms with Crippen molar-refractivity contribution in [1.29, 1.82) is 0 Å². The van der Waals surface area contributed by atoms with Gasteiger partial charge in [0.15, 0.2) is 5.54 Å². The molecule has 0 radical (unpaired) electrons. The second-order valence-corrected chi connectivity index (χ2v) is 10.3. The predicted octanol–water partition coefficient (Wildman–Crippen LogP) is 5.36. The second-order valence-electron chi connectivity index (χ2n) is 10.3. The van der Waals surface area contributed by atoms with Crippen LogP contribution in [0.15, 0.2) is 36.4 Å². The molecule has 0 spiro atoms. The number of carboxylic acids is 1. The van der Waals surface area contributed by atoms with Crippen LogP contribution in [0.1, 0.15) is 71.7 Å². The highest BCUT2D eigenvalue weighted by Crippen LogP contribution is 2.34. The third kappa shape index (κ3) is 5.99. The van der Waals surface area contributed by atoms with Gasteiger partial charge >= 0.3 is 18.0 Å². The van der Waals surface area contributed by atoms with E-state index in [4.69, 9.17) is 14.5 Å². The minimum atomic E-state index is -1.48. The number of carbonyl (C=O) groups excluding carboxylic acids is 2. The number of benzene rings is 1. The van der Waals surface area contributed by atoms with Gasteiger partial charge in [0, 0.05) is 18.9 Å². The number of aromatic nitrogens is 1. The van der Waals surface area contributed by atoms with Crippen molar-refractivity contribution in [3.63, 3.8) is 0 Å². The van der Waals surface area contributed by atoms with Crippen molar-refractivity contribution in [1.82, 2.24) is 9.88 Å². The molecule has 1 saturated heterocycles. The van der Waals surface area contributed by atoms with E-state index in [0.29, 0.717) is 30.6 Å². The number of rotatable bonds is 6. The van der Waals surface area contributed by atoms with Crippen LogP contribution in [0.2, 0.25) is 0 Å². The smallest absolute Gasteiger partial charge is 0.411 e. The number of carbonyl (C=O) groups is 3. The fraction of sp³-hybridized carbons (Fsp3) is 0.481.